The van der Waals surface area contributed by atoms with Crippen molar-refractivity contribution in [3.8, 4) is 5.75 Å². The van der Waals surface area contributed by atoms with Crippen LogP contribution in [0.5, 0.6) is 5.75 Å². The number of benzene rings is 1. The normalized spacial score (nSPS) is 18.2. The van der Waals surface area contributed by atoms with Gasteiger partial charge in [0.15, 0.2) is 0 Å². The molecule has 0 aromatic heterocycles. The summed E-state index contributed by atoms with van der Waals surface area (Å²) in [7, 11) is 0. The third kappa shape index (κ3) is 3.47. The zero-order valence-corrected chi connectivity index (χ0v) is 10.7. The van der Waals surface area contributed by atoms with E-state index in [1.165, 1.54) is 31.2 Å². The van der Waals surface area contributed by atoms with Gasteiger partial charge in [-0.1, -0.05) is 25.5 Å². The molecule has 0 amide bonds. The quantitative estimate of drug-likeness (QED) is 0.839. The Morgan fingerprint density at radius 2 is 1.88 bits per heavy atom. The smallest absolute Gasteiger partial charge is 0.119 e. The SMILES string of the molecule is CCC[C@H](N)c1ccc(OC2CCCC2)cc1. The van der Waals surface area contributed by atoms with E-state index in [-0.39, 0.29) is 6.04 Å². The summed E-state index contributed by atoms with van der Waals surface area (Å²) in [5.41, 5.74) is 7.29. The van der Waals surface area contributed by atoms with Gasteiger partial charge in [-0.2, -0.15) is 0 Å². The van der Waals surface area contributed by atoms with Crippen molar-refractivity contribution in [1.29, 1.82) is 0 Å². The number of hydrogen-bond acceptors (Lipinski definition) is 2. The van der Waals surface area contributed by atoms with Gasteiger partial charge in [-0.05, 0) is 49.8 Å². The van der Waals surface area contributed by atoms with E-state index in [9.17, 15) is 0 Å². The Kier molecular flexibility index (Phi) is 4.43. The minimum Gasteiger partial charge on any atom is -0.490 e. The summed E-state index contributed by atoms with van der Waals surface area (Å²) in [4.78, 5) is 0. The number of hydrogen-bond donors (Lipinski definition) is 1. The molecule has 1 fully saturated rings. The molecule has 1 aromatic rings. The first kappa shape index (κ1) is 12.4. The number of rotatable bonds is 5. The molecule has 2 nitrogen and oxygen atoms in total. The molecule has 17 heavy (non-hydrogen) atoms. The molecule has 1 aliphatic rings. The molecule has 0 bridgehead atoms. The first-order chi connectivity index (χ1) is 8.29. The van der Waals surface area contributed by atoms with Gasteiger partial charge in [0, 0.05) is 6.04 Å². The van der Waals surface area contributed by atoms with E-state index < -0.39 is 0 Å². The second-order valence-electron chi connectivity index (χ2n) is 4.99. The van der Waals surface area contributed by atoms with Crippen LogP contribution in [-0.2, 0) is 0 Å². The highest BCUT2D eigenvalue weighted by atomic mass is 16.5. The highest BCUT2D eigenvalue weighted by Gasteiger charge is 2.16. The second kappa shape index (κ2) is 6.06. The molecule has 1 atom stereocenters. The highest BCUT2D eigenvalue weighted by Crippen LogP contribution is 2.25. The van der Waals surface area contributed by atoms with Crippen LogP contribution >= 0.6 is 0 Å². The van der Waals surface area contributed by atoms with Gasteiger partial charge in [0.2, 0.25) is 0 Å². The molecule has 0 spiro atoms. The molecule has 1 aromatic carbocycles. The summed E-state index contributed by atoms with van der Waals surface area (Å²) in [5.74, 6) is 0.990. The Morgan fingerprint density at radius 3 is 2.47 bits per heavy atom. The zero-order chi connectivity index (χ0) is 12.1. The summed E-state index contributed by atoms with van der Waals surface area (Å²) < 4.78 is 5.93. The molecule has 0 saturated heterocycles. The van der Waals surface area contributed by atoms with Crippen molar-refractivity contribution in [1.82, 2.24) is 0 Å². The summed E-state index contributed by atoms with van der Waals surface area (Å²) in [6.07, 6.45) is 7.64. The van der Waals surface area contributed by atoms with Crippen LogP contribution in [0.4, 0.5) is 0 Å². The third-order valence-electron chi connectivity index (χ3n) is 3.51. The van der Waals surface area contributed by atoms with Crippen LogP contribution < -0.4 is 10.5 Å². The van der Waals surface area contributed by atoms with Crippen molar-refractivity contribution in [2.24, 2.45) is 5.73 Å². The Hall–Kier alpha value is -1.02. The van der Waals surface area contributed by atoms with Gasteiger partial charge in [-0.15, -0.1) is 0 Å². The maximum Gasteiger partial charge on any atom is 0.119 e. The van der Waals surface area contributed by atoms with E-state index in [0.717, 1.165) is 18.6 Å². The molecule has 94 valence electrons. The fraction of sp³-hybridized carbons (Fsp3) is 0.600. The van der Waals surface area contributed by atoms with Crippen molar-refractivity contribution < 1.29 is 4.74 Å². The average molecular weight is 233 g/mol. The highest BCUT2D eigenvalue weighted by molar-refractivity contribution is 5.29. The third-order valence-corrected chi connectivity index (χ3v) is 3.51. The molecule has 0 unspecified atom stereocenters. The van der Waals surface area contributed by atoms with Crippen molar-refractivity contribution in [3.63, 3.8) is 0 Å². The van der Waals surface area contributed by atoms with Gasteiger partial charge >= 0.3 is 0 Å². The second-order valence-corrected chi connectivity index (χ2v) is 4.99. The van der Waals surface area contributed by atoms with Crippen LogP contribution in [-0.4, -0.2) is 6.10 Å². The number of ether oxygens (including phenoxy) is 1. The maximum absolute atomic E-state index is 6.08. The lowest BCUT2D eigenvalue weighted by Gasteiger charge is -2.15. The van der Waals surface area contributed by atoms with Gasteiger partial charge in [0.1, 0.15) is 5.75 Å². The molecule has 2 heteroatoms. The molecule has 1 saturated carbocycles. The summed E-state index contributed by atoms with van der Waals surface area (Å²) in [6.45, 7) is 2.16. The lowest BCUT2D eigenvalue weighted by atomic mass is 10.0. The predicted octanol–water partition coefficient (Wildman–Crippen LogP) is 3.81. The Labute approximate surface area is 104 Å². The van der Waals surface area contributed by atoms with Crippen molar-refractivity contribution in [2.75, 3.05) is 0 Å². The molecule has 2 rings (SSSR count). The van der Waals surface area contributed by atoms with E-state index >= 15 is 0 Å². The minimum atomic E-state index is 0.167. The molecular formula is C15H23NO. The van der Waals surface area contributed by atoms with Crippen LogP contribution in [0.1, 0.15) is 57.1 Å². The summed E-state index contributed by atoms with van der Waals surface area (Å²) in [6, 6.07) is 8.49. The van der Waals surface area contributed by atoms with Crippen LogP contribution in [0.25, 0.3) is 0 Å². The lowest BCUT2D eigenvalue weighted by molar-refractivity contribution is 0.210. The summed E-state index contributed by atoms with van der Waals surface area (Å²) in [5, 5.41) is 0. The fourth-order valence-electron chi connectivity index (χ4n) is 2.47. The molecule has 1 aliphatic carbocycles. The predicted molar refractivity (Wildman–Crippen MR) is 71.2 cm³/mol. The Morgan fingerprint density at radius 1 is 1.24 bits per heavy atom. The average Bonchev–Trinajstić information content (AvgIpc) is 2.83. The van der Waals surface area contributed by atoms with Crippen molar-refractivity contribution in [2.45, 2.75) is 57.6 Å². The largest absolute Gasteiger partial charge is 0.490 e. The van der Waals surface area contributed by atoms with Gasteiger partial charge in [0.25, 0.3) is 0 Å². The molecular weight excluding hydrogens is 210 g/mol. The van der Waals surface area contributed by atoms with Crippen LogP contribution in [0.2, 0.25) is 0 Å². The van der Waals surface area contributed by atoms with Crippen LogP contribution in [0, 0.1) is 0 Å². The van der Waals surface area contributed by atoms with E-state index in [0.29, 0.717) is 6.10 Å². The van der Waals surface area contributed by atoms with Gasteiger partial charge in [-0.3, -0.25) is 0 Å². The van der Waals surface area contributed by atoms with E-state index in [1.54, 1.807) is 0 Å². The van der Waals surface area contributed by atoms with Gasteiger partial charge < -0.3 is 10.5 Å². The monoisotopic (exact) mass is 233 g/mol. The first-order valence-electron chi connectivity index (χ1n) is 6.82. The van der Waals surface area contributed by atoms with Crippen molar-refractivity contribution >= 4 is 0 Å². The van der Waals surface area contributed by atoms with Gasteiger partial charge in [0.05, 0.1) is 6.10 Å². The fourth-order valence-corrected chi connectivity index (χ4v) is 2.47. The number of nitrogens with two attached hydrogens (primary N) is 1. The maximum atomic E-state index is 6.08. The first-order valence-corrected chi connectivity index (χ1v) is 6.82. The Bertz CT molecular complexity index is 327. The topological polar surface area (TPSA) is 35.2 Å². The van der Waals surface area contributed by atoms with Crippen LogP contribution in [0.3, 0.4) is 0 Å². The van der Waals surface area contributed by atoms with Crippen molar-refractivity contribution in [3.05, 3.63) is 29.8 Å². The van der Waals surface area contributed by atoms with E-state index in [4.69, 9.17) is 10.5 Å². The molecule has 0 aliphatic heterocycles. The van der Waals surface area contributed by atoms with Gasteiger partial charge in [-0.25, -0.2) is 0 Å². The lowest BCUT2D eigenvalue weighted by Crippen LogP contribution is -2.12. The standard InChI is InChI=1S/C15H23NO/c1-2-5-15(16)12-8-10-14(11-9-12)17-13-6-3-4-7-13/h8-11,13,15H,2-7,16H2,1H3/t15-/m0/s1. The minimum absolute atomic E-state index is 0.167. The Balaban J connectivity index is 1.92. The molecule has 0 heterocycles. The zero-order valence-electron chi connectivity index (χ0n) is 10.7. The van der Waals surface area contributed by atoms with E-state index in [2.05, 4.69) is 31.2 Å². The van der Waals surface area contributed by atoms with Crippen LogP contribution in [0.15, 0.2) is 24.3 Å². The molecule has 0 radical (unpaired) electrons. The summed E-state index contributed by atoms with van der Waals surface area (Å²) >= 11 is 0. The molecule has 2 N–H and O–H groups in total. The van der Waals surface area contributed by atoms with E-state index in [1.807, 2.05) is 0 Å².